The number of hydrogen-bond acceptors (Lipinski definition) is 1. The Morgan fingerprint density at radius 1 is 0.568 bits per heavy atom. The second kappa shape index (κ2) is 11.4. The number of aromatic nitrogens is 1. The van der Waals surface area contributed by atoms with Crippen LogP contribution in [0.3, 0.4) is 0 Å². The molecule has 1 aromatic heterocycles. The number of rotatable bonds is 5. The van der Waals surface area contributed by atoms with E-state index in [9.17, 15) is 0 Å². The molecule has 44 heavy (non-hydrogen) atoms. The topological polar surface area (TPSA) is 17.3 Å². The van der Waals surface area contributed by atoms with Gasteiger partial charge in [-0.15, -0.1) is 0 Å². The third-order valence-electron chi connectivity index (χ3n) is 8.61. The first-order valence-corrected chi connectivity index (χ1v) is 15.5. The summed E-state index contributed by atoms with van der Waals surface area (Å²) in [5.41, 5.74) is 14.2. The quantitative estimate of drug-likeness (QED) is 0.199. The first-order valence-electron chi connectivity index (χ1n) is 15.5. The molecule has 0 spiro atoms. The molecule has 2 heterocycles. The van der Waals surface area contributed by atoms with Crippen LogP contribution in [0.15, 0.2) is 132 Å². The monoisotopic (exact) mass is 574 g/mol. The number of allylic oxidation sites excluding steroid dienone is 2. The molecule has 0 unspecified atom stereocenters. The number of nitrogens with zero attached hydrogens (tertiary/aromatic N) is 2. The zero-order valence-corrected chi connectivity index (χ0v) is 27.0. The van der Waals surface area contributed by atoms with Gasteiger partial charge < -0.3 is 4.57 Å². The second-order valence-electron chi connectivity index (χ2n) is 13.9. The van der Waals surface area contributed by atoms with Crippen molar-refractivity contribution in [2.24, 2.45) is 12.0 Å². The first kappa shape index (κ1) is 29.4. The van der Waals surface area contributed by atoms with Gasteiger partial charge in [0.1, 0.15) is 0 Å². The minimum atomic E-state index is 0.0990. The minimum Gasteiger partial charge on any atom is -0.344 e. The maximum absolute atomic E-state index is 5.23. The van der Waals surface area contributed by atoms with Gasteiger partial charge in [-0.2, -0.15) is 0 Å². The molecule has 1 aliphatic rings. The van der Waals surface area contributed by atoms with Crippen LogP contribution in [0.25, 0.3) is 34.0 Å². The third kappa shape index (κ3) is 5.90. The van der Waals surface area contributed by atoms with Crippen molar-refractivity contribution in [3.8, 4) is 22.4 Å². The number of benzene rings is 4. The van der Waals surface area contributed by atoms with E-state index in [4.69, 9.17) is 4.99 Å². The van der Waals surface area contributed by atoms with E-state index < -0.39 is 0 Å². The van der Waals surface area contributed by atoms with E-state index in [0.29, 0.717) is 0 Å². The first-order chi connectivity index (χ1) is 21.0. The SMILES string of the molecule is Cn1c(-c2ccc(C(C)(C)C)cc2)cc(-c2ccc(C(C)(C)C)cc2)c1/C=C1\N=C(c2ccccc2)C=C1c1ccccc1. The predicted octanol–water partition coefficient (Wildman–Crippen LogP) is 10.9. The summed E-state index contributed by atoms with van der Waals surface area (Å²) in [5.74, 6) is 0. The van der Waals surface area contributed by atoms with Crippen LogP contribution in [0.1, 0.15) is 69.5 Å². The molecule has 220 valence electrons. The second-order valence-corrected chi connectivity index (χ2v) is 13.9. The van der Waals surface area contributed by atoms with Crippen LogP contribution in [-0.4, -0.2) is 10.3 Å². The Morgan fingerprint density at radius 3 is 1.59 bits per heavy atom. The molecule has 0 atom stereocenters. The van der Waals surface area contributed by atoms with Crippen molar-refractivity contribution in [2.75, 3.05) is 0 Å². The lowest BCUT2D eigenvalue weighted by Crippen LogP contribution is -2.10. The van der Waals surface area contributed by atoms with E-state index >= 15 is 0 Å². The fourth-order valence-corrected chi connectivity index (χ4v) is 5.87. The Kier molecular flexibility index (Phi) is 7.63. The van der Waals surface area contributed by atoms with E-state index in [1.165, 1.54) is 33.5 Å². The van der Waals surface area contributed by atoms with Crippen molar-refractivity contribution in [2.45, 2.75) is 52.4 Å². The molecule has 0 bridgehead atoms. The van der Waals surface area contributed by atoms with Crippen molar-refractivity contribution < 1.29 is 0 Å². The highest BCUT2D eigenvalue weighted by Crippen LogP contribution is 2.39. The molecule has 4 aromatic carbocycles. The Labute approximate surface area is 263 Å². The summed E-state index contributed by atoms with van der Waals surface area (Å²) < 4.78 is 2.32. The van der Waals surface area contributed by atoms with Crippen molar-refractivity contribution in [1.82, 2.24) is 4.57 Å². The highest BCUT2D eigenvalue weighted by Gasteiger charge is 2.22. The van der Waals surface area contributed by atoms with Gasteiger partial charge in [-0.3, -0.25) is 0 Å². The van der Waals surface area contributed by atoms with Crippen LogP contribution in [0, 0.1) is 0 Å². The van der Waals surface area contributed by atoms with Gasteiger partial charge in [-0.05, 0) is 56.9 Å². The van der Waals surface area contributed by atoms with Crippen LogP contribution in [-0.2, 0) is 17.9 Å². The maximum Gasteiger partial charge on any atom is 0.0737 e. The summed E-state index contributed by atoms with van der Waals surface area (Å²) in [7, 11) is 2.18. The highest BCUT2D eigenvalue weighted by molar-refractivity contribution is 6.18. The Bertz CT molecular complexity index is 1870. The summed E-state index contributed by atoms with van der Waals surface area (Å²) in [6, 6.07) is 41.5. The van der Waals surface area contributed by atoms with Gasteiger partial charge in [0, 0.05) is 29.4 Å². The molecule has 6 rings (SSSR count). The van der Waals surface area contributed by atoms with Gasteiger partial charge in [0.05, 0.1) is 17.1 Å². The normalized spacial score (nSPS) is 14.6. The predicted molar refractivity (Wildman–Crippen MR) is 189 cm³/mol. The molecule has 0 saturated carbocycles. The van der Waals surface area contributed by atoms with E-state index in [0.717, 1.165) is 33.8 Å². The molecule has 1 aliphatic heterocycles. The molecule has 0 fully saturated rings. The molecule has 0 radical (unpaired) electrons. The van der Waals surface area contributed by atoms with E-state index in [1.54, 1.807) is 0 Å². The summed E-state index contributed by atoms with van der Waals surface area (Å²) in [5, 5.41) is 0. The number of hydrogen-bond donors (Lipinski definition) is 0. The van der Waals surface area contributed by atoms with Crippen molar-refractivity contribution in [3.05, 3.63) is 155 Å². The molecular weight excluding hydrogens is 532 g/mol. The van der Waals surface area contributed by atoms with Crippen molar-refractivity contribution in [3.63, 3.8) is 0 Å². The molecule has 0 amide bonds. The zero-order valence-electron chi connectivity index (χ0n) is 27.0. The standard InChI is InChI=1S/C42H42N2/c1-41(2,3)33-22-18-30(19-23-33)36-27-39(32-20-24-34(25-21-32)42(4,5)6)44(7)40(36)28-38-35(29-14-10-8-11-15-29)26-37(43-38)31-16-12-9-13-17-31/h8-28H,1-7H3/b38-28-. The molecular formula is C42H42N2. The number of aliphatic imine (C=N–C) groups is 1. The molecule has 0 saturated heterocycles. The Balaban J connectivity index is 1.53. The zero-order chi connectivity index (χ0) is 31.1. The summed E-state index contributed by atoms with van der Waals surface area (Å²) >= 11 is 0. The van der Waals surface area contributed by atoms with Crippen LogP contribution in [0.4, 0.5) is 0 Å². The smallest absolute Gasteiger partial charge is 0.0737 e. The molecule has 5 aromatic rings. The Morgan fingerprint density at radius 2 is 1.07 bits per heavy atom. The highest BCUT2D eigenvalue weighted by atomic mass is 15.0. The lowest BCUT2D eigenvalue weighted by atomic mass is 9.86. The molecule has 2 nitrogen and oxygen atoms in total. The maximum atomic E-state index is 5.23. The minimum absolute atomic E-state index is 0.0990. The van der Waals surface area contributed by atoms with Gasteiger partial charge in [0.2, 0.25) is 0 Å². The van der Waals surface area contributed by atoms with Gasteiger partial charge in [0.25, 0.3) is 0 Å². The van der Waals surface area contributed by atoms with Crippen molar-refractivity contribution in [1.29, 1.82) is 0 Å². The van der Waals surface area contributed by atoms with E-state index in [2.05, 4.69) is 175 Å². The summed E-state index contributed by atoms with van der Waals surface area (Å²) in [4.78, 5) is 5.23. The van der Waals surface area contributed by atoms with E-state index in [-0.39, 0.29) is 10.8 Å². The van der Waals surface area contributed by atoms with Gasteiger partial charge in [-0.25, -0.2) is 4.99 Å². The van der Waals surface area contributed by atoms with Gasteiger partial charge >= 0.3 is 0 Å². The molecule has 0 aliphatic carbocycles. The van der Waals surface area contributed by atoms with Crippen LogP contribution in [0.2, 0.25) is 0 Å². The van der Waals surface area contributed by atoms with E-state index in [1.807, 2.05) is 6.07 Å². The lowest BCUT2D eigenvalue weighted by molar-refractivity contribution is 0.590. The Hall–Kier alpha value is -4.69. The van der Waals surface area contributed by atoms with Crippen LogP contribution in [0.5, 0.6) is 0 Å². The average Bonchev–Trinajstić information content (AvgIpc) is 3.59. The van der Waals surface area contributed by atoms with Crippen LogP contribution < -0.4 is 0 Å². The summed E-state index contributed by atoms with van der Waals surface area (Å²) in [6.07, 6.45) is 4.50. The largest absolute Gasteiger partial charge is 0.344 e. The fraction of sp³-hybridized carbons (Fsp3) is 0.214. The summed E-state index contributed by atoms with van der Waals surface area (Å²) in [6.45, 7) is 13.6. The van der Waals surface area contributed by atoms with Crippen LogP contribution >= 0.6 is 0 Å². The lowest BCUT2D eigenvalue weighted by Gasteiger charge is -2.19. The van der Waals surface area contributed by atoms with Crippen molar-refractivity contribution >= 4 is 17.4 Å². The molecule has 2 heteroatoms. The van der Waals surface area contributed by atoms with Gasteiger partial charge in [-0.1, -0.05) is 151 Å². The van der Waals surface area contributed by atoms with Gasteiger partial charge in [0.15, 0.2) is 0 Å². The molecule has 0 N–H and O–H groups in total. The fourth-order valence-electron chi connectivity index (χ4n) is 5.87. The third-order valence-corrected chi connectivity index (χ3v) is 8.61. The average molecular weight is 575 g/mol.